The number of para-hydroxylation sites is 2. The van der Waals surface area contributed by atoms with Crippen LogP contribution in [0.2, 0.25) is 0 Å². The van der Waals surface area contributed by atoms with E-state index in [0.717, 1.165) is 22.8 Å². The monoisotopic (exact) mass is 388 g/mol. The molecular formula is C19H20N2O5S. The summed E-state index contributed by atoms with van der Waals surface area (Å²) in [5.74, 6) is 0. The smallest absolute Gasteiger partial charge is 0.407 e. The van der Waals surface area contributed by atoms with E-state index in [1.165, 1.54) is 0 Å². The zero-order valence-electron chi connectivity index (χ0n) is 14.8. The fourth-order valence-corrected chi connectivity index (χ4v) is 3.26. The van der Waals surface area contributed by atoms with E-state index in [-0.39, 0.29) is 6.61 Å². The van der Waals surface area contributed by atoms with E-state index >= 15 is 0 Å². The predicted molar refractivity (Wildman–Crippen MR) is 103 cm³/mol. The molecule has 0 saturated carbocycles. The number of anilines is 1. The number of hydrogen-bond acceptors (Lipinski definition) is 5. The fraction of sp³-hybridized carbons (Fsp3) is 0.211. The molecule has 3 rings (SSSR count). The van der Waals surface area contributed by atoms with Crippen molar-refractivity contribution in [2.45, 2.75) is 13.0 Å². The van der Waals surface area contributed by atoms with Crippen LogP contribution < -0.4 is 10.0 Å². The molecule has 3 aromatic rings. The molecule has 1 amide bonds. The SMILES string of the molecule is CS(=O)(=O)Nc1ccccc1COC(=O)NCCc1coc2ccccc12. The van der Waals surface area contributed by atoms with Crippen LogP contribution >= 0.6 is 0 Å². The summed E-state index contributed by atoms with van der Waals surface area (Å²) in [6.45, 7) is 0.352. The minimum atomic E-state index is -3.41. The minimum absolute atomic E-state index is 0.0425. The molecular weight excluding hydrogens is 368 g/mol. The first-order chi connectivity index (χ1) is 12.9. The lowest BCUT2D eigenvalue weighted by Gasteiger charge is -2.11. The molecule has 0 aliphatic heterocycles. The van der Waals surface area contributed by atoms with Crippen molar-refractivity contribution < 1.29 is 22.4 Å². The molecule has 2 N–H and O–H groups in total. The van der Waals surface area contributed by atoms with Crippen LogP contribution in [0.1, 0.15) is 11.1 Å². The highest BCUT2D eigenvalue weighted by Crippen LogP contribution is 2.21. The molecule has 1 aromatic heterocycles. The van der Waals surface area contributed by atoms with Gasteiger partial charge >= 0.3 is 6.09 Å². The van der Waals surface area contributed by atoms with Crippen molar-refractivity contribution in [1.82, 2.24) is 5.32 Å². The second-order valence-corrected chi connectivity index (χ2v) is 7.79. The van der Waals surface area contributed by atoms with Gasteiger partial charge in [0.05, 0.1) is 18.2 Å². The van der Waals surface area contributed by atoms with Gasteiger partial charge in [0, 0.05) is 17.5 Å². The molecule has 0 radical (unpaired) electrons. The van der Waals surface area contributed by atoms with Crippen molar-refractivity contribution in [1.29, 1.82) is 0 Å². The minimum Gasteiger partial charge on any atom is -0.464 e. The van der Waals surface area contributed by atoms with E-state index in [9.17, 15) is 13.2 Å². The van der Waals surface area contributed by atoms with Crippen LogP contribution in [0.15, 0.2) is 59.2 Å². The summed E-state index contributed by atoms with van der Waals surface area (Å²) < 4.78 is 35.8. The second-order valence-electron chi connectivity index (χ2n) is 6.04. The van der Waals surface area contributed by atoms with E-state index in [4.69, 9.17) is 9.15 Å². The van der Waals surface area contributed by atoms with Gasteiger partial charge in [-0.2, -0.15) is 0 Å². The Hall–Kier alpha value is -3.00. The molecule has 1 heterocycles. The zero-order valence-corrected chi connectivity index (χ0v) is 15.6. The van der Waals surface area contributed by atoms with Gasteiger partial charge in [0.15, 0.2) is 0 Å². The summed E-state index contributed by atoms with van der Waals surface area (Å²) in [5, 5.41) is 3.70. The highest BCUT2D eigenvalue weighted by atomic mass is 32.2. The van der Waals surface area contributed by atoms with Gasteiger partial charge in [-0.05, 0) is 24.1 Å². The van der Waals surface area contributed by atoms with Crippen molar-refractivity contribution in [3.8, 4) is 0 Å². The number of benzene rings is 2. The van der Waals surface area contributed by atoms with Crippen LogP contribution in [0.25, 0.3) is 11.0 Å². The lowest BCUT2D eigenvalue weighted by Crippen LogP contribution is -2.26. The molecule has 0 saturated heterocycles. The normalized spacial score (nSPS) is 11.3. The van der Waals surface area contributed by atoms with Gasteiger partial charge < -0.3 is 14.5 Å². The van der Waals surface area contributed by atoms with Gasteiger partial charge in [-0.25, -0.2) is 13.2 Å². The first-order valence-electron chi connectivity index (χ1n) is 8.34. The Morgan fingerprint density at radius 3 is 2.63 bits per heavy atom. The summed E-state index contributed by atoms with van der Waals surface area (Å²) in [4.78, 5) is 11.9. The highest BCUT2D eigenvalue weighted by Gasteiger charge is 2.10. The summed E-state index contributed by atoms with van der Waals surface area (Å²) in [5.41, 5.74) is 2.77. The van der Waals surface area contributed by atoms with E-state index in [0.29, 0.717) is 24.2 Å². The number of sulfonamides is 1. The average molecular weight is 388 g/mol. The topological polar surface area (TPSA) is 97.6 Å². The number of nitrogens with one attached hydrogen (secondary N) is 2. The quantitative estimate of drug-likeness (QED) is 0.647. The lowest BCUT2D eigenvalue weighted by molar-refractivity contribution is 0.140. The Kier molecular flexibility index (Phi) is 5.66. The Labute approximate surface area is 157 Å². The van der Waals surface area contributed by atoms with Crippen molar-refractivity contribution >= 4 is 32.8 Å². The maximum Gasteiger partial charge on any atom is 0.407 e. The van der Waals surface area contributed by atoms with Crippen molar-refractivity contribution in [2.75, 3.05) is 17.5 Å². The maximum absolute atomic E-state index is 11.9. The number of hydrogen-bond donors (Lipinski definition) is 2. The van der Waals surface area contributed by atoms with Crippen LogP contribution in [0.5, 0.6) is 0 Å². The van der Waals surface area contributed by atoms with Crippen molar-refractivity contribution in [2.24, 2.45) is 0 Å². The number of carbonyl (C=O) groups is 1. The first kappa shape index (κ1) is 18.8. The van der Waals surface area contributed by atoms with E-state index < -0.39 is 16.1 Å². The number of rotatable bonds is 7. The Bertz CT molecular complexity index is 1040. The molecule has 0 spiro atoms. The molecule has 0 aliphatic carbocycles. The van der Waals surface area contributed by atoms with Gasteiger partial charge in [-0.1, -0.05) is 36.4 Å². The molecule has 0 bridgehead atoms. The van der Waals surface area contributed by atoms with E-state index in [1.54, 1.807) is 30.5 Å². The third-order valence-corrected chi connectivity index (χ3v) is 4.49. The Morgan fingerprint density at radius 2 is 1.81 bits per heavy atom. The Balaban J connectivity index is 1.50. The third kappa shape index (κ3) is 5.24. The van der Waals surface area contributed by atoms with E-state index in [1.807, 2.05) is 24.3 Å². The number of alkyl carbamates (subject to hydrolysis) is 1. The largest absolute Gasteiger partial charge is 0.464 e. The summed E-state index contributed by atoms with van der Waals surface area (Å²) >= 11 is 0. The number of furan rings is 1. The highest BCUT2D eigenvalue weighted by molar-refractivity contribution is 7.92. The molecule has 7 nitrogen and oxygen atoms in total. The molecule has 8 heteroatoms. The predicted octanol–water partition coefficient (Wildman–Crippen LogP) is 3.27. The van der Waals surface area contributed by atoms with Gasteiger partial charge in [-0.15, -0.1) is 0 Å². The second kappa shape index (κ2) is 8.13. The van der Waals surface area contributed by atoms with Crippen LogP contribution in [0.4, 0.5) is 10.5 Å². The van der Waals surface area contributed by atoms with Crippen LogP contribution in [-0.4, -0.2) is 27.3 Å². The number of fused-ring (bicyclic) bond motifs is 1. The molecule has 0 unspecified atom stereocenters. The number of amides is 1. The Morgan fingerprint density at radius 1 is 1.07 bits per heavy atom. The first-order valence-corrected chi connectivity index (χ1v) is 10.2. The van der Waals surface area contributed by atoms with Crippen LogP contribution in [0.3, 0.4) is 0 Å². The van der Waals surface area contributed by atoms with Gasteiger partial charge in [-0.3, -0.25) is 4.72 Å². The van der Waals surface area contributed by atoms with Gasteiger partial charge in [0.1, 0.15) is 12.2 Å². The lowest BCUT2D eigenvalue weighted by atomic mass is 10.1. The van der Waals surface area contributed by atoms with Gasteiger partial charge in [0.2, 0.25) is 10.0 Å². The van der Waals surface area contributed by atoms with Crippen molar-refractivity contribution in [3.05, 3.63) is 65.9 Å². The zero-order chi connectivity index (χ0) is 19.3. The molecule has 0 aliphatic rings. The summed E-state index contributed by atoms with van der Waals surface area (Å²) in [6.07, 6.45) is 2.79. The molecule has 27 heavy (non-hydrogen) atoms. The van der Waals surface area contributed by atoms with E-state index in [2.05, 4.69) is 10.0 Å². The standard InChI is InChI=1S/C19H20N2O5S/c1-27(23,24)21-17-8-4-2-6-15(17)13-26-19(22)20-11-10-14-12-25-18-9-5-3-7-16(14)18/h2-9,12,21H,10-11,13H2,1H3,(H,20,22). The summed E-state index contributed by atoms with van der Waals surface area (Å²) in [6, 6.07) is 14.5. The number of carbonyl (C=O) groups excluding carboxylic acids is 1. The van der Waals surface area contributed by atoms with Crippen molar-refractivity contribution in [3.63, 3.8) is 0 Å². The number of ether oxygens (including phenoxy) is 1. The fourth-order valence-electron chi connectivity index (χ4n) is 2.67. The molecule has 142 valence electrons. The van der Waals surface area contributed by atoms with Crippen LogP contribution in [0, 0.1) is 0 Å². The maximum atomic E-state index is 11.9. The molecule has 0 atom stereocenters. The van der Waals surface area contributed by atoms with Gasteiger partial charge in [0.25, 0.3) is 0 Å². The summed E-state index contributed by atoms with van der Waals surface area (Å²) in [7, 11) is -3.41. The molecule has 0 fully saturated rings. The average Bonchev–Trinajstić information content (AvgIpc) is 3.03. The molecule has 2 aromatic carbocycles. The van der Waals surface area contributed by atoms with Crippen LogP contribution in [-0.2, 0) is 27.8 Å². The third-order valence-electron chi connectivity index (χ3n) is 3.90.